The SMILES string of the molecule is C=CCN(C(=O)c1csnn1)[C@H](C(=O)NC(C)(C)C)c1ccc(CC)cc1. The minimum absolute atomic E-state index is 0.216. The molecule has 1 atom stereocenters. The number of carbonyl (C=O) groups excluding carboxylic acids is 2. The second-order valence-corrected chi connectivity index (χ2v) is 7.88. The normalized spacial score (nSPS) is 12.3. The smallest absolute Gasteiger partial charge is 0.276 e. The van der Waals surface area contributed by atoms with Gasteiger partial charge in [0, 0.05) is 17.5 Å². The molecule has 0 spiro atoms. The molecule has 0 radical (unpaired) electrons. The van der Waals surface area contributed by atoms with Gasteiger partial charge in [-0.05, 0) is 49.9 Å². The van der Waals surface area contributed by atoms with Crippen LogP contribution in [0.4, 0.5) is 0 Å². The van der Waals surface area contributed by atoms with E-state index in [-0.39, 0.29) is 24.1 Å². The van der Waals surface area contributed by atoms with Crippen molar-refractivity contribution in [2.75, 3.05) is 6.54 Å². The van der Waals surface area contributed by atoms with E-state index in [4.69, 9.17) is 0 Å². The number of aryl methyl sites for hydroxylation is 1. The molecule has 1 N–H and O–H groups in total. The summed E-state index contributed by atoms with van der Waals surface area (Å²) >= 11 is 1.10. The Morgan fingerprint density at radius 3 is 2.44 bits per heavy atom. The van der Waals surface area contributed by atoms with Crippen molar-refractivity contribution in [2.24, 2.45) is 0 Å². The van der Waals surface area contributed by atoms with Crippen LogP contribution in [0.25, 0.3) is 0 Å². The molecule has 0 aliphatic rings. The van der Waals surface area contributed by atoms with Gasteiger partial charge in [0.05, 0.1) is 0 Å². The van der Waals surface area contributed by atoms with Crippen molar-refractivity contribution in [1.29, 1.82) is 0 Å². The maximum absolute atomic E-state index is 13.1. The van der Waals surface area contributed by atoms with Gasteiger partial charge in [0.1, 0.15) is 6.04 Å². The molecule has 0 fully saturated rings. The molecular formula is C20H26N4O2S. The molecule has 2 amide bonds. The van der Waals surface area contributed by atoms with Crippen molar-refractivity contribution in [3.63, 3.8) is 0 Å². The first-order valence-electron chi connectivity index (χ1n) is 8.86. The van der Waals surface area contributed by atoms with Gasteiger partial charge >= 0.3 is 0 Å². The van der Waals surface area contributed by atoms with Crippen molar-refractivity contribution < 1.29 is 9.59 Å². The summed E-state index contributed by atoms with van der Waals surface area (Å²) in [5, 5.41) is 8.43. The maximum Gasteiger partial charge on any atom is 0.276 e. The summed E-state index contributed by atoms with van der Waals surface area (Å²) in [6.07, 6.45) is 2.51. The predicted molar refractivity (Wildman–Crippen MR) is 108 cm³/mol. The lowest BCUT2D eigenvalue weighted by Crippen LogP contribution is -2.49. The summed E-state index contributed by atoms with van der Waals surface area (Å²) in [6.45, 7) is 11.8. The number of hydrogen-bond donors (Lipinski definition) is 1. The number of rotatable bonds is 7. The number of hydrogen-bond acceptors (Lipinski definition) is 5. The van der Waals surface area contributed by atoms with Crippen LogP contribution in [-0.4, -0.2) is 38.4 Å². The zero-order chi connectivity index (χ0) is 20.0. The van der Waals surface area contributed by atoms with Crippen molar-refractivity contribution in [2.45, 2.75) is 45.7 Å². The van der Waals surface area contributed by atoms with Crippen LogP contribution in [0.15, 0.2) is 42.3 Å². The number of carbonyl (C=O) groups is 2. The van der Waals surface area contributed by atoms with Crippen LogP contribution >= 0.6 is 11.5 Å². The Kier molecular flexibility index (Phi) is 6.85. The highest BCUT2D eigenvalue weighted by Crippen LogP contribution is 2.25. The molecule has 2 aromatic rings. The molecule has 1 aromatic heterocycles. The summed E-state index contributed by atoms with van der Waals surface area (Å²) in [5.74, 6) is -0.595. The van der Waals surface area contributed by atoms with Crippen molar-refractivity contribution >= 4 is 23.3 Å². The fourth-order valence-electron chi connectivity index (χ4n) is 2.70. The van der Waals surface area contributed by atoms with Crippen molar-refractivity contribution in [3.8, 4) is 0 Å². The van der Waals surface area contributed by atoms with Gasteiger partial charge in [0.2, 0.25) is 5.91 Å². The zero-order valence-corrected chi connectivity index (χ0v) is 17.0. The van der Waals surface area contributed by atoms with Crippen LogP contribution in [0.2, 0.25) is 0 Å². The molecular weight excluding hydrogens is 360 g/mol. The highest BCUT2D eigenvalue weighted by atomic mass is 32.1. The highest BCUT2D eigenvalue weighted by Gasteiger charge is 2.33. The van der Waals surface area contributed by atoms with E-state index in [1.165, 1.54) is 10.5 Å². The van der Waals surface area contributed by atoms with E-state index in [0.29, 0.717) is 0 Å². The van der Waals surface area contributed by atoms with Crippen LogP contribution in [0.5, 0.6) is 0 Å². The lowest BCUT2D eigenvalue weighted by atomic mass is 9.99. The first-order valence-corrected chi connectivity index (χ1v) is 9.70. The van der Waals surface area contributed by atoms with Gasteiger partial charge in [-0.25, -0.2) is 0 Å². The Bertz CT molecular complexity index is 779. The predicted octanol–water partition coefficient (Wildman–Crippen LogP) is 3.38. The van der Waals surface area contributed by atoms with Crippen LogP contribution in [0.3, 0.4) is 0 Å². The van der Waals surface area contributed by atoms with Crippen LogP contribution in [0, 0.1) is 0 Å². The Balaban J connectivity index is 2.47. The molecule has 27 heavy (non-hydrogen) atoms. The van der Waals surface area contributed by atoms with Crippen LogP contribution in [-0.2, 0) is 11.2 Å². The molecule has 7 heteroatoms. The number of amides is 2. The maximum atomic E-state index is 13.1. The zero-order valence-electron chi connectivity index (χ0n) is 16.2. The van der Waals surface area contributed by atoms with Gasteiger partial charge in [0.25, 0.3) is 5.91 Å². The van der Waals surface area contributed by atoms with E-state index in [1.54, 1.807) is 11.5 Å². The molecule has 0 unspecified atom stereocenters. The molecule has 1 heterocycles. The largest absolute Gasteiger partial charge is 0.349 e. The molecule has 1 aromatic carbocycles. The number of benzene rings is 1. The minimum Gasteiger partial charge on any atom is -0.349 e. The van der Waals surface area contributed by atoms with Crippen molar-refractivity contribution in [1.82, 2.24) is 19.8 Å². The van der Waals surface area contributed by atoms with Crippen LogP contribution in [0.1, 0.15) is 55.4 Å². The molecule has 0 saturated heterocycles. The van der Waals surface area contributed by atoms with E-state index in [0.717, 1.165) is 23.5 Å². The number of nitrogens with one attached hydrogen (secondary N) is 1. The van der Waals surface area contributed by atoms with Gasteiger partial charge in [-0.1, -0.05) is 41.8 Å². The highest BCUT2D eigenvalue weighted by molar-refractivity contribution is 7.03. The quantitative estimate of drug-likeness (QED) is 0.740. The topological polar surface area (TPSA) is 75.2 Å². The van der Waals surface area contributed by atoms with Gasteiger partial charge in [-0.15, -0.1) is 11.7 Å². The Morgan fingerprint density at radius 2 is 1.96 bits per heavy atom. The van der Waals surface area contributed by atoms with Gasteiger partial charge in [-0.2, -0.15) is 0 Å². The fourth-order valence-corrected chi connectivity index (χ4v) is 3.13. The summed E-state index contributed by atoms with van der Waals surface area (Å²) in [6, 6.07) is 6.96. The van der Waals surface area contributed by atoms with E-state index < -0.39 is 11.6 Å². The van der Waals surface area contributed by atoms with E-state index in [1.807, 2.05) is 45.0 Å². The third-order valence-corrected chi connectivity index (χ3v) is 4.43. The fraction of sp³-hybridized carbons (Fsp3) is 0.400. The lowest BCUT2D eigenvalue weighted by Gasteiger charge is -2.32. The average Bonchev–Trinajstić information content (AvgIpc) is 3.14. The second kappa shape index (κ2) is 8.90. The summed E-state index contributed by atoms with van der Waals surface area (Å²) in [4.78, 5) is 27.6. The second-order valence-electron chi connectivity index (χ2n) is 7.27. The number of aromatic nitrogens is 2. The molecule has 0 bridgehead atoms. The van der Waals surface area contributed by atoms with Gasteiger partial charge in [0.15, 0.2) is 5.69 Å². The van der Waals surface area contributed by atoms with Crippen LogP contribution < -0.4 is 5.32 Å². The first kappa shape index (κ1) is 20.8. The summed E-state index contributed by atoms with van der Waals surface area (Å²) < 4.78 is 3.76. The molecule has 144 valence electrons. The monoisotopic (exact) mass is 386 g/mol. The molecule has 2 rings (SSSR count). The lowest BCUT2D eigenvalue weighted by molar-refractivity contribution is -0.127. The minimum atomic E-state index is -0.790. The number of nitrogens with zero attached hydrogens (tertiary/aromatic N) is 3. The Morgan fingerprint density at radius 1 is 1.30 bits per heavy atom. The molecule has 6 nitrogen and oxygen atoms in total. The molecule has 0 aliphatic carbocycles. The summed E-state index contributed by atoms with van der Waals surface area (Å²) in [7, 11) is 0. The Hall–Kier alpha value is -2.54. The first-order chi connectivity index (χ1) is 12.8. The van der Waals surface area contributed by atoms with E-state index >= 15 is 0 Å². The average molecular weight is 387 g/mol. The van der Waals surface area contributed by atoms with E-state index in [2.05, 4.69) is 28.4 Å². The Labute approximate surface area is 164 Å². The third kappa shape index (κ3) is 5.47. The third-order valence-electron chi connectivity index (χ3n) is 3.93. The van der Waals surface area contributed by atoms with Gasteiger partial charge < -0.3 is 10.2 Å². The van der Waals surface area contributed by atoms with Gasteiger partial charge in [-0.3, -0.25) is 9.59 Å². The standard InChI is InChI=1S/C20H26N4O2S/c1-6-12-24(19(26)16-13-27-23-22-16)17(18(25)21-20(3,4)5)15-10-8-14(7-2)9-11-15/h6,8-11,13,17H,1,7,12H2,2-5H3,(H,21,25)/t17-/m0/s1. The summed E-state index contributed by atoms with van der Waals surface area (Å²) in [5.41, 5.74) is 1.70. The van der Waals surface area contributed by atoms with E-state index in [9.17, 15) is 9.59 Å². The molecule has 0 saturated carbocycles. The molecule has 0 aliphatic heterocycles. The van der Waals surface area contributed by atoms with Crippen molar-refractivity contribution in [3.05, 3.63) is 59.1 Å².